The molecule has 0 aliphatic rings. The highest BCUT2D eigenvalue weighted by atomic mass is 19.1. The van der Waals surface area contributed by atoms with Crippen LogP contribution in [0, 0.1) is 5.82 Å². The molecule has 2 aromatic rings. The van der Waals surface area contributed by atoms with Crippen LogP contribution in [0.5, 0.6) is 0 Å². The van der Waals surface area contributed by atoms with Crippen molar-refractivity contribution >= 4 is 5.97 Å². The number of halogens is 1. The molecule has 6 nitrogen and oxygen atoms in total. The first kappa shape index (κ1) is 12.2. The third kappa shape index (κ3) is 2.21. The van der Waals surface area contributed by atoms with Gasteiger partial charge in [-0.2, -0.15) is 0 Å². The number of esters is 1. The summed E-state index contributed by atoms with van der Waals surface area (Å²) in [4.78, 5) is 15.0. The monoisotopic (exact) mass is 250 g/mol. The van der Waals surface area contributed by atoms with Gasteiger partial charge in [0, 0.05) is 6.54 Å². The van der Waals surface area contributed by atoms with Crippen molar-refractivity contribution < 1.29 is 13.9 Å². The number of nitrogens with two attached hydrogens (primary N) is 1. The van der Waals surface area contributed by atoms with Gasteiger partial charge < -0.3 is 10.5 Å². The van der Waals surface area contributed by atoms with Crippen LogP contribution in [0.4, 0.5) is 4.39 Å². The van der Waals surface area contributed by atoms with E-state index in [0.717, 1.165) is 0 Å². The molecule has 0 aliphatic heterocycles. The maximum atomic E-state index is 13.2. The molecule has 2 N–H and O–H groups in total. The van der Waals surface area contributed by atoms with Crippen LogP contribution < -0.4 is 5.73 Å². The Morgan fingerprint density at radius 3 is 3.00 bits per heavy atom. The molecule has 1 heterocycles. The van der Waals surface area contributed by atoms with Gasteiger partial charge in [-0.3, -0.25) is 0 Å². The predicted molar refractivity (Wildman–Crippen MR) is 60.5 cm³/mol. The molecule has 18 heavy (non-hydrogen) atoms. The third-order valence-electron chi connectivity index (χ3n) is 2.37. The van der Waals surface area contributed by atoms with Gasteiger partial charge in [0.15, 0.2) is 0 Å². The molecule has 0 amide bonds. The average molecular weight is 250 g/mol. The summed E-state index contributed by atoms with van der Waals surface area (Å²) in [5.41, 5.74) is 6.69. The van der Waals surface area contributed by atoms with Gasteiger partial charge in [0.2, 0.25) is 0 Å². The number of hydrogen-bond donors (Lipinski definition) is 1. The van der Waals surface area contributed by atoms with Gasteiger partial charge in [0.25, 0.3) is 5.82 Å². The van der Waals surface area contributed by atoms with E-state index < -0.39 is 11.8 Å². The standard InChI is InChI=1S/C11H11FN4O2/c1-18-11(17)10-14-6-16(15-10)9-4-8(12)3-2-7(9)5-13/h2-4,6H,5,13H2,1H3. The fourth-order valence-corrected chi connectivity index (χ4v) is 1.49. The van der Waals surface area contributed by atoms with Crippen molar-refractivity contribution in [3.05, 3.63) is 41.7 Å². The van der Waals surface area contributed by atoms with Crippen LogP contribution in [-0.4, -0.2) is 27.8 Å². The lowest BCUT2D eigenvalue weighted by molar-refractivity contribution is 0.0587. The summed E-state index contributed by atoms with van der Waals surface area (Å²) in [5, 5.41) is 3.91. The first-order valence-corrected chi connectivity index (χ1v) is 5.14. The Bertz CT molecular complexity index is 582. The number of ether oxygens (including phenoxy) is 1. The van der Waals surface area contributed by atoms with E-state index in [1.807, 2.05) is 0 Å². The molecule has 7 heteroatoms. The molecule has 0 radical (unpaired) electrons. The second kappa shape index (κ2) is 4.92. The largest absolute Gasteiger partial charge is 0.463 e. The minimum absolute atomic E-state index is 0.0928. The Hall–Kier alpha value is -2.28. The van der Waals surface area contributed by atoms with Crippen LogP contribution in [0.2, 0.25) is 0 Å². The summed E-state index contributed by atoms with van der Waals surface area (Å²) in [5.74, 6) is -1.17. The number of aromatic nitrogens is 3. The zero-order chi connectivity index (χ0) is 13.1. The van der Waals surface area contributed by atoms with Crippen molar-refractivity contribution in [1.82, 2.24) is 14.8 Å². The number of rotatable bonds is 3. The molecule has 0 spiro atoms. The first-order valence-electron chi connectivity index (χ1n) is 5.14. The fraction of sp³-hybridized carbons (Fsp3) is 0.182. The Morgan fingerprint density at radius 2 is 2.33 bits per heavy atom. The van der Waals surface area contributed by atoms with Gasteiger partial charge >= 0.3 is 5.97 Å². The Labute approximate surface area is 102 Å². The van der Waals surface area contributed by atoms with Crippen LogP contribution in [0.15, 0.2) is 24.5 Å². The van der Waals surface area contributed by atoms with Crippen LogP contribution in [0.1, 0.15) is 16.2 Å². The van der Waals surface area contributed by atoms with Crippen molar-refractivity contribution in [2.75, 3.05) is 7.11 Å². The highest BCUT2D eigenvalue weighted by molar-refractivity contribution is 5.84. The molecular weight excluding hydrogens is 239 g/mol. The molecule has 0 unspecified atom stereocenters. The molecule has 0 saturated carbocycles. The summed E-state index contributed by atoms with van der Waals surface area (Å²) >= 11 is 0. The minimum Gasteiger partial charge on any atom is -0.463 e. The van der Waals surface area contributed by atoms with E-state index in [4.69, 9.17) is 5.73 Å². The Morgan fingerprint density at radius 1 is 1.56 bits per heavy atom. The number of carbonyl (C=O) groups is 1. The zero-order valence-electron chi connectivity index (χ0n) is 9.63. The molecule has 0 fully saturated rings. The van der Waals surface area contributed by atoms with Crippen molar-refractivity contribution in [2.24, 2.45) is 5.73 Å². The number of carbonyl (C=O) groups excluding carboxylic acids is 1. The summed E-state index contributed by atoms with van der Waals surface area (Å²) in [6.07, 6.45) is 1.31. The van der Waals surface area contributed by atoms with E-state index in [-0.39, 0.29) is 12.4 Å². The molecule has 94 valence electrons. The van der Waals surface area contributed by atoms with Gasteiger partial charge in [-0.15, -0.1) is 5.10 Å². The van der Waals surface area contributed by atoms with Crippen LogP contribution in [-0.2, 0) is 11.3 Å². The smallest absolute Gasteiger partial charge is 0.377 e. The van der Waals surface area contributed by atoms with Gasteiger partial charge in [-0.1, -0.05) is 6.07 Å². The average Bonchev–Trinajstić information content (AvgIpc) is 2.87. The highest BCUT2D eigenvalue weighted by Gasteiger charge is 2.13. The van der Waals surface area contributed by atoms with E-state index in [1.165, 1.54) is 30.3 Å². The maximum absolute atomic E-state index is 13.2. The Kier molecular flexibility index (Phi) is 3.33. The van der Waals surface area contributed by atoms with Gasteiger partial charge in [-0.25, -0.2) is 18.9 Å². The van der Waals surface area contributed by atoms with Crippen LogP contribution in [0.25, 0.3) is 5.69 Å². The molecule has 0 saturated heterocycles. The first-order chi connectivity index (χ1) is 8.65. The summed E-state index contributed by atoms with van der Waals surface area (Å²) < 4.78 is 19.0. The molecule has 1 aromatic heterocycles. The van der Waals surface area contributed by atoms with Crippen molar-refractivity contribution in [3.63, 3.8) is 0 Å². The highest BCUT2D eigenvalue weighted by Crippen LogP contribution is 2.15. The Balaban J connectivity index is 2.45. The zero-order valence-corrected chi connectivity index (χ0v) is 9.63. The van der Waals surface area contributed by atoms with Crippen molar-refractivity contribution in [2.45, 2.75) is 6.54 Å². The third-order valence-corrected chi connectivity index (χ3v) is 2.37. The minimum atomic E-state index is -0.653. The fourth-order valence-electron chi connectivity index (χ4n) is 1.49. The maximum Gasteiger partial charge on any atom is 0.377 e. The van der Waals surface area contributed by atoms with Gasteiger partial charge in [-0.05, 0) is 17.7 Å². The molecule has 0 atom stereocenters. The molecular formula is C11H11FN4O2. The summed E-state index contributed by atoms with van der Waals surface area (Å²) in [6, 6.07) is 4.14. The topological polar surface area (TPSA) is 83.0 Å². The normalized spacial score (nSPS) is 10.4. The van der Waals surface area contributed by atoms with Gasteiger partial charge in [0.1, 0.15) is 12.1 Å². The number of nitrogens with zero attached hydrogens (tertiary/aromatic N) is 3. The second-order valence-corrected chi connectivity index (χ2v) is 3.48. The lowest BCUT2D eigenvalue weighted by atomic mass is 10.2. The lowest BCUT2D eigenvalue weighted by Gasteiger charge is -2.06. The number of methoxy groups -OCH3 is 1. The molecule has 2 rings (SSSR count). The second-order valence-electron chi connectivity index (χ2n) is 3.48. The van der Waals surface area contributed by atoms with Crippen molar-refractivity contribution in [3.8, 4) is 5.69 Å². The van der Waals surface area contributed by atoms with E-state index in [1.54, 1.807) is 6.07 Å². The van der Waals surface area contributed by atoms with Crippen LogP contribution in [0.3, 0.4) is 0 Å². The quantitative estimate of drug-likeness (QED) is 0.809. The SMILES string of the molecule is COC(=O)c1ncn(-c2cc(F)ccc2CN)n1. The van der Waals surface area contributed by atoms with E-state index in [2.05, 4.69) is 14.8 Å². The molecule has 0 bridgehead atoms. The molecule has 1 aromatic carbocycles. The lowest BCUT2D eigenvalue weighted by Crippen LogP contribution is -2.08. The van der Waals surface area contributed by atoms with Crippen molar-refractivity contribution in [1.29, 1.82) is 0 Å². The predicted octanol–water partition coefficient (Wildman–Crippen LogP) is 0.652. The number of hydrogen-bond acceptors (Lipinski definition) is 5. The van der Waals surface area contributed by atoms with E-state index in [9.17, 15) is 9.18 Å². The summed E-state index contributed by atoms with van der Waals surface area (Å²) in [7, 11) is 1.23. The summed E-state index contributed by atoms with van der Waals surface area (Å²) in [6.45, 7) is 0.225. The van der Waals surface area contributed by atoms with E-state index in [0.29, 0.717) is 11.3 Å². The van der Waals surface area contributed by atoms with Gasteiger partial charge in [0.05, 0.1) is 12.8 Å². The number of benzene rings is 1. The van der Waals surface area contributed by atoms with Crippen LogP contribution >= 0.6 is 0 Å². The molecule has 0 aliphatic carbocycles. The van der Waals surface area contributed by atoms with E-state index >= 15 is 0 Å².